The first-order valence-electron chi connectivity index (χ1n) is 6.08. The summed E-state index contributed by atoms with van der Waals surface area (Å²) in [5, 5.41) is 8.48. The Hall–Kier alpha value is -2.75. The van der Waals surface area contributed by atoms with E-state index in [1.165, 1.54) is 0 Å². The molecule has 0 amide bonds. The molecule has 4 aromatic rings. The molecule has 0 bridgehead atoms. The Kier molecular flexibility index (Phi) is 2.08. The predicted octanol–water partition coefficient (Wildman–Crippen LogP) is 2.94. The van der Waals surface area contributed by atoms with Crippen LogP contribution in [0.1, 0.15) is 0 Å². The first-order chi connectivity index (χ1) is 9.43. The maximum Gasteiger partial charge on any atom is 0.180 e. The molecule has 4 nitrogen and oxygen atoms in total. The first-order valence-corrected chi connectivity index (χ1v) is 6.08. The summed E-state index contributed by atoms with van der Waals surface area (Å²) in [6.45, 7) is 0. The van der Waals surface area contributed by atoms with Crippen LogP contribution in [0.5, 0.6) is 0 Å². The second-order valence-electron chi connectivity index (χ2n) is 4.33. The highest BCUT2D eigenvalue weighted by Gasteiger charge is 2.10. The Bertz CT molecular complexity index is 865. The molecule has 2 heterocycles. The predicted molar refractivity (Wildman–Crippen MR) is 73.7 cm³/mol. The number of rotatable bonds is 1. The lowest BCUT2D eigenvalue weighted by molar-refractivity contribution is 1.12. The second kappa shape index (κ2) is 3.88. The van der Waals surface area contributed by atoms with Crippen LogP contribution in [0, 0.1) is 0 Å². The average Bonchev–Trinajstić information content (AvgIpc) is 2.92. The van der Waals surface area contributed by atoms with E-state index in [1.807, 2.05) is 59.0 Å². The lowest BCUT2D eigenvalue weighted by Gasteiger charge is -2.03. The van der Waals surface area contributed by atoms with Gasteiger partial charge in [0, 0.05) is 5.56 Å². The number of para-hydroxylation sites is 2. The molecule has 19 heavy (non-hydrogen) atoms. The van der Waals surface area contributed by atoms with Crippen LogP contribution >= 0.6 is 0 Å². The van der Waals surface area contributed by atoms with Gasteiger partial charge in [-0.25, -0.2) is 0 Å². The maximum absolute atomic E-state index is 4.39. The Morgan fingerprint density at radius 1 is 0.789 bits per heavy atom. The van der Waals surface area contributed by atoms with Gasteiger partial charge in [-0.3, -0.25) is 9.38 Å². The fraction of sp³-hybridized carbons (Fsp3) is 0. The van der Waals surface area contributed by atoms with Crippen LogP contribution in [-0.2, 0) is 0 Å². The standard InChI is InChI=1S/C15H10N4/c1-2-6-11(7-3-1)15-18-17-14-10-16-12-8-4-5-9-13(12)19(14)15/h1-10H. The van der Waals surface area contributed by atoms with E-state index in [1.54, 1.807) is 6.20 Å². The van der Waals surface area contributed by atoms with Gasteiger partial charge < -0.3 is 0 Å². The smallest absolute Gasteiger partial charge is 0.180 e. The fourth-order valence-electron chi connectivity index (χ4n) is 2.28. The van der Waals surface area contributed by atoms with Crippen molar-refractivity contribution in [3.63, 3.8) is 0 Å². The normalized spacial score (nSPS) is 11.2. The molecule has 0 fully saturated rings. The fourth-order valence-corrected chi connectivity index (χ4v) is 2.28. The van der Waals surface area contributed by atoms with Crippen molar-refractivity contribution in [2.75, 3.05) is 0 Å². The molecule has 0 aliphatic carbocycles. The number of nitrogens with zero attached hydrogens (tertiary/aromatic N) is 4. The van der Waals surface area contributed by atoms with Crippen molar-refractivity contribution in [1.82, 2.24) is 19.6 Å². The van der Waals surface area contributed by atoms with Gasteiger partial charge in [0.25, 0.3) is 0 Å². The van der Waals surface area contributed by atoms with Crippen LogP contribution in [0.15, 0.2) is 60.8 Å². The number of benzene rings is 2. The van der Waals surface area contributed by atoms with Crippen LogP contribution in [0.2, 0.25) is 0 Å². The minimum atomic E-state index is 0.762. The summed E-state index contributed by atoms with van der Waals surface area (Å²) >= 11 is 0. The molecule has 0 saturated carbocycles. The summed E-state index contributed by atoms with van der Waals surface area (Å²) in [6.07, 6.45) is 1.75. The van der Waals surface area contributed by atoms with Crippen molar-refractivity contribution in [2.45, 2.75) is 0 Å². The summed E-state index contributed by atoms with van der Waals surface area (Å²) < 4.78 is 2.04. The number of hydrogen-bond acceptors (Lipinski definition) is 3. The Morgan fingerprint density at radius 2 is 1.58 bits per heavy atom. The molecule has 0 saturated heterocycles. The van der Waals surface area contributed by atoms with E-state index in [0.717, 1.165) is 28.1 Å². The number of aromatic nitrogens is 4. The summed E-state index contributed by atoms with van der Waals surface area (Å²) in [4.78, 5) is 4.39. The Morgan fingerprint density at radius 3 is 2.47 bits per heavy atom. The van der Waals surface area contributed by atoms with E-state index < -0.39 is 0 Å². The van der Waals surface area contributed by atoms with Crippen LogP contribution in [0.4, 0.5) is 0 Å². The largest absolute Gasteiger partial charge is 0.272 e. The molecule has 0 atom stereocenters. The highest BCUT2D eigenvalue weighted by molar-refractivity contribution is 5.79. The van der Waals surface area contributed by atoms with Gasteiger partial charge in [0.15, 0.2) is 11.5 Å². The van der Waals surface area contributed by atoms with Gasteiger partial charge in [0.2, 0.25) is 0 Å². The van der Waals surface area contributed by atoms with Gasteiger partial charge in [-0.05, 0) is 12.1 Å². The summed E-state index contributed by atoms with van der Waals surface area (Å²) in [5.74, 6) is 0.842. The van der Waals surface area contributed by atoms with E-state index in [-0.39, 0.29) is 0 Å². The third-order valence-electron chi connectivity index (χ3n) is 3.16. The molecule has 0 unspecified atom stereocenters. The molecular formula is C15H10N4. The van der Waals surface area contributed by atoms with Gasteiger partial charge in [-0.2, -0.15) is 0 Å². The van der Waals surface area contributed by atoms with Gasteiger partial charge in [0.05, 0.1) is 17.2 Å². The number of hydrogen-bond donors (Lipinski definition) is 0. The summed E-state index contributed by atoms with van der Waals surface area (Å²) in [5.41, 5.74) is 3.76. The monoisotopic (exact) mass is 246 g/mol. The summed E-state index contributed by atoms with van der Waals surface area (Å²) in [7, 11) is 0. The van der Waals surface area contributed by atoms with Crippen molar-refractivity contribution in [3.8, 4) is 11.4 Å². The third-order valence-corrected chi connectivity index (χ3v) is 3.16. The van der Waals surface area contributed by atoms with Crippen molar-refractivity contribution < 1.29 is 0 Å². The van der Waals surface area contributed by atoms with Gasteiger partial charge in [-0.1, -0.05) is 42.5 Å². The van der Waals surface area contributed by atoms with E-state index in [2.05, 4.69) is 15.2 Å². The van der Waals surface area contributed by atoms with E-state index in [9.17, 15) is 0 Å². The van der Waals surface area contributed by atoms with Crippen LogP contribution in [0.25, 0.3) is 28.1 Å². The van der Waals surface area contributed by atoms with Crippen molar-refractivity contribution in [2.24, 2.45) is 0 Å². The highest BCUT2D eigenvalue weighted by Crippen LogP contribution is 2.21. The minimum absolute atomic E-state index is 0.762. The molecule has 0 radical (unpaired) electrons. The maximum atomic E-state index is 4.39. The first kappa shape index (κ1) is 10.2. The second-order valence-corrected chi connectivity index (χ2v) is 4.33. The van der Waals surface area contributed by atoms with Crippen molar-refractivity contribution >= 4 is 16.7 Å². The van der Waals surface area contributed by atoms with Gasteiger partial charge in [-0.15, -0.1) is 10.2 Å². The zero-order chi connectivity index (χ0) is 12.7. The molecule has 0 N–H and O–H groups in total. The molecule has 0 aliphatic heterocycles. The van der Waals surface area contributed by atoms with Crippen LogP contribution < -0.4 is 0 Å². The quantitative estimate of drug-likeness (QED) is 0.518. The van der Waals surface area contributed by atoms with Crippen molar-refractivity contribution in [3.05, 3.63) is 60.8 Å². The molecule has 0 spiro atoms. The molecule has 4 rings (SSSR count). The average molecular weight is 246 g/mol. The third kappa shape index (κ3) is 1.50. The van der Waals surface area contributed by atoms with Gasteiger partial charge in [0.1, 0.15) is 0 Å². The molecule has 0 aliphatic rings. The zero-order valence-corrected chi connectivity index (χ0v) is 10.1. The zero-order valence-electron chi connectivity index (χ0n) is 10.1. The van der Waals surface area contributed by atoms with Gasteiger partial charge >= 0.3 is 0 Å². The Labute approximate surface area is 109 Å². The molecule has 2 aromatic heterocycles. The van der Waals surface area contributed by atoms with E-state index >= 15 is 0 Å². The van der Waals surface area contributed by atoms with Crippen molar-refractivity contribution in [1.29, 1.82) is 0 Å². The topological polar surface area (TPSA) is 43.1 Å². The lowest BCUT2D eigenvalue weighted by atomic mass is 10.2. The highest BCUT2D eigenvalue weighted by atomic mass is 15.3. The number of fused-ring (bicyclic) bond motifs is 3. The van der Waals surface area contributed by atoms with E-state index in [0.29, 0.717) is 0 Å². The van der Waals surface area contributed by atoms with Crippen LogP contribution in [-0.4, -0.2) is 19.6 Å². The molecule has 90 valence electrons. The summed E-state index contributed by atoms with van der Waals surface area (Å²) in [6, 6.07) is 18.1. The Balaban J connectivity index is 2.15. The van der Waals surface area contributed by atoms with E-state index in [4.69, 9.17) is 0 Å². The lowest BCUT2D eigenvalue weighted by Crippen LogP contribution is -1.93. The molecule has 4 heteroatoms. The molecular weight excluding hydrogens is 236 g/mol. The molecule has 2 aromatic carbocycles. The SMILES string of the molecule is c1ccc(-c2nnc3cnc4ccccc4n23)cc1. The van der Waals surface area contributed by atoms with Crippen LogP contribution in [0.3, 0.4) is 0 Å². The minimum Gasteiger partial charge on any atom is -0.272 e.